The average Bonchev–Trinajstić information content (AvgIpc) is 2.86. The van der Waals surface area contributed by atoms with E-state index in [-0.39, 0.29) is 28.9 Å². The number of piperidine rings is 1. The van der Waals surface area contributed by atoms with Crippen LogP contribution in [0.25, 0.3) is 0 Å². The van der Waals surface area contributed by atoms with Crippen LogP contribution in [0.1, 0.15) is 62.4 Å². The van der Waals surface area contributed by atoms with Crippen molar-refractivity contribution in [3.63, 3.8) is 0 Å². The second-order valence-electron chi connectivity index (χ2n) is 11.0. The fraction of sp³-hybridized carbons (Fsp3) is 0.533. The average molecular weight is 493 g/mol. The maximum atomic E-state index is 13.8. The fourth-order valence-corrected chi connectivity index (χ4v) is 6.50. The zero-order valence-corrected chi connectivity index (χ0v) is 22.3. The van der Waals surface area contributed by atoms with Crippen LogP contribution in [0, 0.1) is 5.92 Å². The number of esters is 1. The predicted octanol–water partition coefficient (Wildman–Crippen LogP) is 4.92. The Morgan fingerprint density at radius 3 is 2.53 bits per heavy atom. The maximum absolute atomic E-state index is 13.8. The number of hydrogen-bond donors (Lipinski definition) is 0. The molecule has 2 fully saturated rings. The van der Waals surface area contributed by atoms with Crippen LogP contribution in [-0.4, -0.2) is 67.1 Å². The van der Waals surface area contributed by atoms with Gasteiger partial charge in [-0.1, -0.05) is 44.2 Å². The predicted molar refractivity (Wildman–Crippen MR) is 141 cm³/mol. The van der Waals surface area contributed by atoms with Crippen LogP contribution in [0.5, 0.6) is 5.75 Å². The molecule has 0 aromatic heterocycles. The second kappa shape index (κ2) is 10.7. The molecule has 6 nitrogen and oxygen atoms in total. The summed E-state index contributed by atoms with van der Waals surface area (Å²) in [6, 6.07) is 17.6. The van der Waals surface area contributed by atoms with Gasteiger partial charge in [-0.2, -0.15) is 0 Å². The highest BCUT2D eigenvalue weighted by Gasteiger charge is 2.59. The molecule has 36 heavy (non-hydrogen) atoms. The summed E-state index contributed by atoms with van der Waals surface area (Å²) in [7, 11) is 3.97. The van der Waals surface area contributed by atoms with Crippen LogP contribution in [0.3, 0.4) is 0 Å². The van der Waals surface area contributed by atoms with Crippen molar-refractivity contribution in [3.8, 4) is 5.75 Å². The maximum Gasteiger partial charge on any atom is 0.308 e. The van der Waals surface area contributed by atoms with Gasteiger partial charge >= 0.3 is 5.97 Å². The Hall–Kier alpha value is -2.70. The second-order valence-corrected chi connectivity index (χ2v) is 11.0. The van der Waals surface area contributed by atoms with Gasteiger partial charge in [0.1, 0.15) is 5.75 Å². The van der Waals surface area contributed by atoms with Crippen LogP contribution >= 0.6 is 0 Å². The van der Waals surface area contributed by atoms with Crippen LogP contribution in [0.4, 0.5) is 0 Å². The number of benzene rings is 2. The molecule has 6 heteroatoms. The number of carbonyl (C=O) groups is 2. The lowest BCUT2D eigenvalue weighted by Crippen LogP contribution is -2.67. The number of rotatable bonds is 7. The first-order chi connectivity index (χ1) is 17.2. The molecule has 1 saturated heterocycles. The summed E-state index contributed by atoms with van der Waals surface area (Å²) in [5, 5.41) is 0. The Morgan fingerprint density at radius 2 is 1.86 bits per heavy atom. The largest absolute Gasteiger partial charge is 0.427 e. The molecule has 2 aliphatic rings. The molecule has 1 heterocycles. The molecule has 3 atom stereocenters. The summed E-state index contributed by atoms with van der Waals surface area (Å²) in [5.74, 6) is 0.674. The van der Waals surface area contributed by atoms with Crippen molar-refractivity contribution in [2.75, 3.05) is 33.8 Å². The van der Waals surface area contributed by atoms with Crippen molar-refractivity contribution < 1.29 is 19.1 Å². The van der Waals surface area contributed by atoms with Gasteiger partial charge in [0.25, 0.3) is 5.91 Å². The summed E-state index contributed by atoms with van der Waals surface area (Å²) in [6.45, 7) is 8.23. The lowest BCUT2D eigenvalue weighted by molar-refractivity contribution is -0.150. The number of fused-ring (bicyclic) bond motifs is 1. The summed E-state index contributed by atoms with van der Waals surface area (Å²) in [6.07, 6.45) is 3.46. The first kappa shape index (κ1) is 26.4. The molecule has 0 radical (unpaired) electrons. The Morgan fingerprint density at radius 1 is 1.11 bits per heavy atom. The zero-order chi connectivity index (χ0) is 25.9. The number of amides is 1. The van der Waals surface area contributed by atoms with Gasteiger partial charge in [-0.3, -0.25) is 9.59 Å². The van der Waals surface area contributed by atoms with Crippen molar-refractivity contribution >= 4 is 11.9 Å². The molecular formula is C30H40N2O4. The molecule has 4 rings (SSSR count). The number of likely N-dealkylation sites (tertiary alicyclic amines) is 1. The third-order valence-corrected chi connectivity index (χ3v) is 8.11. The van der Waals surface area contributed by atoms with Crippen molar-refractivity contribution in [1.82, 2.24) is 9.80 Å². The zero-order valence-electron chi connectivity index (χ0n) is 22.3. The van der Waals surface area contributed by atoms with E-state index >= 15 is 0 Å². The fourth-order valence-electron chi connectivity index (χ4n) is 6.50. The van der Waals surface area contributed by atoms with Gasteiger partial charge in [0.2, 0.25) is 0 Å². The van der Waals surface area contributed by atoms with Crippen LogP contribution in [-0.2, 0) is 14.9 Å². The number of ether oxygens (including phenoxy) is 2. The first-order valence-corrected chi connectivity index (χ1v) is 13.1. The summed E-state index contributed by atoms with van der Waals surface area (Å²) in [5.41, 5.74) is 1.16. The summed E-state index contributed by atoms with van der Waals surface area (Å²) in [4.78, 5) is 29.9. The normalized spacial score (nSPS) is 26.3. The third-order valence-electron chi connectivity index (χ3n) is 8.11. The molecule has 3 unspecified atom stereocenters. The van der Waals surface area contributed by atoms with Crippen LogP contribution < -0.4 is 4.74 Å². The molecule has 1 amide bonds. The van der Waals surface area contributed by atoms with E-state index in [9.17, 15) is 9.59 Å². The summed E-state index contributed by atoms with van der Waals surface area (Å²) < 4.78 is 11.9. The highest BCUT2D eigenvalue weighted by atomic mass is 16.5. The van der Waals surface area contributed by atoms with Gasteiger partial charge in [0.15, 0.2) is 0 Å². The van der Waals surface area contributed by atoms with Crippen molar-refractivity contribution in [2.24, 2.45) is 5.92 Å². The number of nitrogens with zero attached hydrogens (tertiary/aromatic N) is 2. The monoisotopic (exact) mass is 492 g/mol. The van der Waals surface area contributed by atoms with Crippen LogP contribution in [0.2, 0.25) is 0 Å². The summed E-state index contributed by atoms with van der Waals surface area (Å²) >= 11 is 0. The number of methoxy groups -OCH3 is 1. The molecular weight excluding hydrogens is 452 g/mol. The Balaban J connectivity index is 1.77. The van der Waals surface area contributed by atoms with Gasteiger partial charge in [0, 0.05) is 44.1 Å². The van der Waals surface area contributed by atoms with E-state index in [1.54, 1.807) is 0 Å². The molecule has 2 aromatic rings. The molecule has 0 bridgehead atoms. The number of hydrogen-bond acceptors (Lipinski definition) is 5. The van der Waals surface area contributed by atoms with Crippen molar-refractivity contribution in [2.45, 2.75) is 63.5 Å². The first-order valence-electron chi connectivity index (χ1n) is 13.1. The Kier molecular flexibility index (Phi) is 7.86. The van der Waals surface area contributed by atoms with E-state index in [4.69, 9.17) is 9.47 Å². The van der Waals surface area contributed by atoms with Crippen molar-refractivity contribution in [1.29, 1.82) is 0 Å². The van der Waals surface area contributed by atoms with E-state index in [0.717, 1.165) is 49.9 Å². The highest BCUT2D eigenvalue weighted by Crippen LogP contribution is 2.54. The lowest BCUT2D eigenvalue weighted by Gasteiger charge is -2.60. The number of likely N-dealkylation sites (N-methyl/N-ethyl adjacent to an activating group) is 1. The van der Waals surface area contributed by atoms with Crippen LogP contribution in [0.15, 0.2) is 54.6 Å². The van der Waals surface area contributed by atoms with E-state index < -0.39 is 0 Å². The minimum absolute atomic E-state index is 0.0872. The molecule has 1 saturated carbocycles. The molecule has 194 valence electrons. The number of carbonyl (C=O) groups excluding carboxylic acids is 2. The third kappa shape index (κ3) is 5.07. The van der Waals surface area contributed by atoms with Gasteiger partial charge in [-0.25, -0.2) is 0 Å². The van der Waals surface area contributed by atoms with Gasteiger partial charge < -0.3 is 19.3 Å². The van der Waals surface area contributed by atoms with Gasteiger partial charge in [0.05, 0.1) is 5.60 Å². The topological polar surface area (TPSA) is 59.1 Å². The minimum Gasteiger partial charge on any atom is -0.427 e. The molecule has 0 spiro atoms. The molecule has 1 aliphatic carbocycles. The minimum atomic E-state index is -0.384. The van der Waals surface area contributed by atoms with E-state index in [0.29, 0.717) is 18.2 Å². The van der Waals surface area contributed by atoms with Crippen molar-refractivity contribution in [3.05, 3.63) is 65.7 Å². The quantitative estimate of drug-likeness (QED) is 0.406. The molecule has 1 aliphatic heterocycles. The van der Waals surface area contributed by atoms with Gasteiger partial charge in [-0.15, -0.1) is 0 Å². The van der Waals surface area contributed by atoms with E-state index in [2.05, 4.69) is 36.8 Å². The SMILES string of the molecule is COC12CCC(N(CC(C)C)C(=O)c3ccccc3)CC1(c1cccc(OC(C)=O)c1)CCN(C)C2. The van der Waals surface area contributed by atoms with E-state index in [1.165, 1.54) is 6.92 Å². The van der Waals surface area contributed by atoms with Gasteiger partial charge in [-0.05, 0) is 75.0 Å². The molecule has 0 N–H and O–H groups in total. The van der Waals surface area contributed by atoms with E-state index in [1.807, 2.05) is 55.6 Å². The molecule has 2 aromatic carbocycles. The standard InChI is InChI=1S/C30H40N2O4/c1-22(2)20-32(28(34)24-10-7-6-8-11-24)26-14-15-30(35-5)21-31(4)17-16-29(30,19-26)25-12-9-13-27(18-25)36-23(3)33/h6-13,18,22,26H,14-17,19-21H2,1-5H3. The Bertz CT molecular complexity index is 1070. The Labute approximate surface area is 215 Å². The highest BCUT2D eigenvalue weighted by molar-refractivity contribution is 5.94. The smallest absolute Gasteiger partial charge is 0.308 e. The lowest BCUT2D eigenvalue weighted by atomic mass is 9.55.